The van der Waals surface area contributed by atoms with Crippen molar-refractivity contribution >= 4 is 0 Å². The van der Waals surface area contributed by atoms with Gasteiger partial charge in [0.15, 0.2) is 6.79 Å². The lowest BCUT2D eigenvalue weighted by Crippen LogP contribution is -2.06. The molecule has 4 nitrogen and oxygen atoms in total. The molecule has 0 aliphatic carbocycles. The summed E-state index contributed by atoms with van der Waals surface area (Å²) in [6.45, 7) is 3.49. The maximum atomic E-state index is 8.75. The van der Waals surface area contributed by atoms with Crippen LogP contribution in [0.1, 0.15) is 18.1 Å². The molecule has 0 saturated carbocycles. The van der Waals surface area contributed by atoms with Crippen molar-refractivity contribution in [2.45, 2.75) is 6.92 Å². The Morgan fingerprint density at radius 3 is 1.69 bits per heavy atom. The SMILES string of the molecule is CCOCCOc1ccc(-c2ccc(C#Cc3ccc(OCO)cc3)cc2)cc1. The summed E-state index contributed by atoms with van der Waals surface area (Å²) < 4.78 is 15.9. The van der Waals surface area contributed by atoms with Gasteiger partial charge in [-0.1, -0.05) is 36.1 Å². The molecule has 0 unspecified atom stereocenters. The van der Waals surface area contributed by atoms with Crippen LogP contribution in [0, 0.1) is 11.8 Å². The van der Waals surface area contributed by atoms with E-state index in [1.807, 2.05) is 55.5 Å². The average molecular weight is 388 g/mol. The van der Waals surface area contributed by atoms with E-state index < -0.39 is 0 Å². The van der Waals surface area contributed by atoms with E-state index in [9.17, 15) is 0 Å². The third-order valence-electron chi connectivity index (χ3n) is 4.21. The topological polar surface area (TPSA) is 47.9 Å². The van der Waals surface area contributed by atoms with Crippen molar-refractivity contribution < 1.29 is 19.3 Å². The molecule has 3 aromatic carbocycles. The summed E-state index contributed by atoms with van der Waals surface area (Å²) in [6, 6.07) is 23.5. The van der Waals surface area contributed by atoms with Gasteiger partial charge in [-0.25, -0.2) is 0 Å². The fourth-order valence-electron chi connectivity index (χ4n) is 2.71. The predicted octanol–water partition coefficient (Wildman–Crippen LogP) is 4.50. The highest BCUT2D eigenvalue weighted by molar-refractivity contribution is 5.65. The van der Waals surface area contributed by atoms with Gasteiger partial charge in [-0.15, -0.1) is 0 Å². The molecule has 3 rings (SSSR count). The van der Waals surface area contributed by atoms with Crippen molar-refractivity contribution in [3.05, 3.63) is 83.9 Å². The summed E-state index contributed by atoms with van der Waals surface area (Å²) in [7, 11) is 0. The highest BCUT2D eigenvalue weighted by atomic mass is 16.6. The van der Waals surface area contributed by atoms with Crippen LogP contribution in [0.4, 0.5) is 0 Å². The van der Waals surface area contributed by atoms with E-state index in [4.69, 9.17) is 19.3 Å². The van der Waals surface area contributed by atoms with E-state index in [0.29, 0.717) is 25.6 Å². The van der Waals surface area contributed by atoms with Gasteiger partial charge in [-0.3, -0.25) is 0 Å². The van der Waals surface area contributed by atoms with Crippen LogP contribution in [0.3, 0.4) is 0 Å². The van der Waals surface area contributed by atoms with E-state index in [0.717, 1.165) is 28.0 Å². The molecule has 3 aromatic rings. The van der Waals surface area contributed by atoms with Crippen LogP contribution in [0.2, 0.25) is 0 Å². The monoisotopic (exact) mass is 388 g/mol. The quantitative estimate of drug-likeness (QED) is 0.351. The summed E-state index contributed by atoms with van der Waals surface area (Å²) in [5.74, 6) is 7.75. The lowest BCUT2D eigenvalue weighted by Gasteiger charge is -2.07. The van der Waals surface area contributed by atoms with Crippen LogP contribution in [-0.4, -0.2) is 31.7 Å². The fraction of sp³-hybridized carbons (Fsp3) is 0.200. The second-order valence-corrected chi connectivity index (χ2v) is 6.19. The molecule has 29 heavy (non-hydrogen) atoms. The number of rotatable bonds is 8. The highest BCUT2D eigenvalue weighted by Gasteiger charge is 2.00. The summed E-state index contributed by atoms with van der Waals surface area (Å²) in [5, 5.41) is 8.75. The number of hydrogen-bond acceptors (Lipinski definition) is 4. The standard InChI is InChI=1S/C25H24O4/c1-2-27-17-18-28-24-15-11-23(12-16-24)22-9-5-20(6-10-22)3-4-21-7-13-25(14-8-21)29-19-26/h5-16,26H,2,17-19H2,1H3. The molecular formula is C25H24O4. The second-order valence-electron chi connectivity index (χ2n) is 6.19. The Hall–Kier alpha value is -3.26. The van der Waals surface area contributed by atoms with Gasteiger partial charge >= 0.3 is 0 Å². The molecule has 4 heteroatoms. The molecule has 0 spiro atoms. The first kappa shape index (κ1) is 20.5. The van der Waals surface area contributed by atoms with Crippen LogP contribution in [0.25, 0.3) is 11.1 Å². The first-order valence-corrected chi connectivity index (χ1v) is 9.55. The molecule has 0 fully saturated rings. The van der Waals surface area contributed by atoms with Crippen LogP contribution < -0.4 is 9.47 Å². The minimum absolute atomic E-state index is 0.332. The zero-order valence-electron chi connectivity index (χ0n) is 16.4. The van der Waals surface area contributed by atoms with Gasteiger partial charge in [-0.05, 0) is 66.6 Å². The second kappa shape index (κ2) is 10.9. The molecular weight excluding hydrogens is 364 g/mol. The van der Waals surface area contributed by atoms with Gasteiger partial charge < -0.3 is 19.3 Å². The van der Waals surface area contributed by atoms with Crippen molar-refractivity contribution in [1.29, 1.82) is 0 Å². The lowest BCUT2D eigenvalue weighted by atomic mass is 10.0. The Morgan fingerprint density at radius 1 is 0.655 bits per heavy atom. The third kappa shape index (κ3) is 6.39. The molecule has 1 N–H and O–H groups in total. The Labute approximate surface area is 171 Å². The van der Waals surface area contributed by atoms with Crippen molar-refractivity contribution in [1.82, 2.24) is 0 Å². The zero-order chi connectivity index (χ0) is 20.3. The number of hydrogen-bond donors (Lipinski definition) is 1. The maximum absolute atomic E-state index is 8.75. The summed E-state index contributed by atoms with van der Waals surface area (Å²) >= 11 is 0. The average Bonchev–Trinajstić information content (AvgIpc) is 2.77. The Kier molecular flexibility index (Phi) is 7.71. The number of ether oxygens (including phenoxy) is 3. The molecule has 0 aliphatic heterocycles. The van der Waals surface area contributed by atoms with Crippen LogP contribution in [-0.2, 0) is 4.74 Å². The smallest absolute Gasteiger partial charge is 0.186 e. The lowest BCUT2D eigenvalue weighted by molar-refractivity contribution is 0.0985. The van der Waals surface area contributed by atoms with Gasteiger partial charge in [-0.2, -0.15) is 0 Å². The van der Waals surface area contributed by atoms with E-state index >= 15 is 0 Å². The molecule has 0 heterocycles. The van der Waals surface area contributed by atoms with E-state index in [1.54, 1.807) is 12.1 Å². The molecule has 0 radical (unpaired) electrons. The minimum atomic E-state index is -0.332. The van der Waals surface area contributed by atoms with E-state index in [1.165, 1.54) is 0 Å². The summed E-state index contributed by atoms with van der Waals surface area (Å²) in [4.78, 5) is 0. The van der Waals surface area contributed by atoms with Crippen molar-refractivity contribution in [2.24, 2.45) is 0 Å². The fourth-order valence-corrected chi connectivity index (χ4v) is 2.71. The Balaban J connectivity index is 1.60. The van der Waals surface area contributed by atoms with E-state index in [2.05, 4.69) is 24.0 Å². The largest absolute Gasteiger partial charge is 0.491 e. The van der Waals surface area contributed by atoms with Crippen molar-refractivity contribution in [2.75, 3.05) is 26.6 Å². The molecule has 0 atom stereocenters. The molecule has 0 amide bonds. The molecule has 0 saturated heterocycles. The predicted molar refractivity (Wildman–Crippen MR) is 114 cm³/mol. The molecule has 0 bridgehead atoms. The minimum Gasteiger partial charge on any atom is -0.491 e. The van der Waals surface area contributed by atoms with Gasteiger partial charge in [0, 0.05) is 17.7 Å². The van der Waals surface area contributed by atoms with Gasteiger partial charge in [0.2, 0.25) is 0 Å². The van der Waals surface area contributed by atoms with Gasteiger partial charge in [0.25, 0.3) is 0 Å². The summed E-state index contributed by atoms with van der Waals surface area (Å²) in [6.07, 6.45) is 0. The van der Waals surface area contributed by atoms with Crippen LogP contribution >= 0.6 is 0 Å². The zero-order valence-corrected chi connectivity index (χ0v) is 16.4. The van der Waals surface area contributed by atoms with Crippen molar-refractivity contribution in [3.63, 3.8) is 0 Å². The van der Waals surface area contributed by atoms with Gasteiger partial charge in [0.1, 0.15) is 18.1 Å². The molecule has 0 aromatic heterocycles. The third-order valence-corrected chi connectivity index (χ3v) is 4.21. The van der Waals surface area contributed by atoms with Crippen molar-refractivity contribution in [3.8, 4) is 34.5 Å². The highest BCUT2D eigenvalue weighted by Crippen LogP contribution is 2.23. The van der Waals surface area contributed by atoms with Crippen LogP contribution in [0.15, 0.2) is 72.8 Å². The molecule has 0 aliphatic rings. The van der Waals surface area contributed by atoms with E-state index in [-0.39, 0.29) is 6.79 Å². The normalized spacial score (nSPS) is 10.1. The Morgan fingerprint density at radius 2 is 1.14 bits per heavy atom. The molecule has 148 valence electrons. The Bertz CT molecular complexity index is 933. The number of aliphatic hydroxyl groups is 1. The summed E-state index contributed by atoms with van der Waals surface area (Å²) in [5.41, 5.74) is 4.09. The first-order chi connectivity index (χ1) is 14.3. The maximum Gasteiger partial charge on any atom is 0.186 e. The van der Waals surface area contributed by atoms with Crippen LogP contribution in [0.5, 0.6) is 11.5 Å². The number of benzene rings is 3. The number of aliphatic hydroxyl groups excluding tert-OH is 1. The first-order valence-electron chi connectivity index (χ1n) is 9.55. The van der Waals surface area contributed by atoms with Gasteiger partial charge in [0.05, 0.1) is 6.61 Å².